The number of aromatic nitrogens is 1. The molecule has 2 aromatic carbocycles. The Kier molecular flexibility index (Phi) is 8.23. The van der Waals surface area contributed by atoms with Crippen LogP contribution in [0.25, 0.3) is 11.1 Å². The fourth-order valence-electron chi connectivity index (χ4n) is 4.62. The van der Waals surface area contributed by atoms with Crippen LogP contribution in [0.2, 0.25) is 0 Å². The molecule has 4 rings (SSSR count). The lowest BCUT2D eigenvalue weighted by Crippen LogP contribution is -2.49. The molecule has 0 fully saturated rings. The molecule has 190 valence electrons. The number of methoxy groups -OCH3 is 1. The van der Waals surface area contributed by atoms with Gasteiger partial charge in [-0.25, -0.2) is 4.98 Å². The number of nitrogens with zero attached hydrogens (tertiary/aromatic N) is 3. The van der Waals surface area contributed by atoms with E-state index in [-0.39, 0.29) is 30.6 Å². The number of rotatable bonds is 8. The number of para-hydroxylation sites is 1. The monoisotopic (exact) mass is 489 g/mol. The second kappa shape index (κ2) is 11.5. The highest BCUT2D eigenvalue weighted by molar-refractivity contribution is 5.98. The standard InChI is InChI=1S/C29H35N3O4/c1-20-16-32(21(2)19-33)29(34)25-14-23(24-12-8-9-13-26(24)35-4)15-30-28(25)36-27(20)18-31(3)17-22-10-6-5-7-11-22/h5-15,20-21,27,33H,16-19H2,1-4H3/t20-,21-,27-/m1/s1. The van der Waals surface area contributed by atoms with Gasteiger partial charge in [0.1, 0.15) is 17.4 Å². The Balaban J connectivity index is 1.68. The minimum Gasteiger partial charge on any atom is -0.496 e. The molecule has 1 aliphatic rings. The molecular weight excluding hydrogens is 454 g/mol. The summed E-state index contributed by atoms with van der Waals surface area (Å²) in [6, 6.07) is 19.4. The van der Waals surface area contributed by atoms with Crippen molar-refractivity contribution in [2.24, 2.45) is 5.92 Å². The minimum absolute atomic E-state index is 0.0324. The Hall–Kier alpha value is -3.42. The number of hydrogen-bond acceptors (Lipinski definition) is 6. The summed E-state index contributed by atoms with van der Waals surface area (Å²) in [6.45, 7) is 5.76. The van der Waals surface area contributed by atoms with Crippen LogP contribution in [0.1, 0.15) is 29.8 Å². The Labute approximate surface area is 213 Å². The van der Waals surface area contributed by atoms with Crippen molar-refractivity contribution in [1.29, 1.82) is 0 Å². The second-order valence-corrected chi connectivity index (χ2v) is 9.58. The zero-order chi connectivity index (χ0) is 25.7. The number of benzene rings is 2. The third-order valence-corrected chi connectivity index (χ3v) is 6.73. The van der Waals surface area contributed by atoms with Gasteiger partial charge in [0.15, 0.2) is 0 Å². The summed E-state index contributed by atoms with van der Waals surface area (Å²) in [6.07, 6.45) is 1.53. The van der Waals surface area contributed by atoms with Gasteiger partial charge in [0.05, 0.1) is 19.8 Å². The van der Waals surface area contributed by atoms with E-state index in [1.165, 1.54) is 5.56 Å². The van der Waals surface area contributed by atoms with Crippen molar-refractivity contribution < 1.29 is 19.4 Å². The van der Waals surface area contributed by atoms with Gasteiger partial charge in [-0.2, -0.15) is 0 Å². The minimum atomic E-state index is -0.330. The SMILES string of the molecule is COc1ccccc1-c1cnc2c(c1)C(=O)N([C@H](C)CO)C[C@@H](C)[C@@H](CN(C)Cc1ccccc1)O2. The first-order valence-electron chi connectivity index (χ1n) is 12.4. The average Bonchev–Trinajstić information content (AvgIpc) is 2.90. The molecule has 7 nitrogen and oxygen atoms in total. The van der Waals surface area contributed by atoms with Crippen LogP contribution in [-0.2, 0) is 6.54 Å². The summed E-state index contributed by atoms with van der Waals surface area (Å²) < 4.78 is 12.0. The lowest BCUT2D eigenvalue weighted by Gasteiger charge is -2.37. The maximum Gasteiger partial charge on any atom is 0.259 e. The van der Waals surface area contributed by atoms with E-state index < -0.39 is 0 Å². The van der Waals surface area contributed by atoms with Crippen LogP contribution in [0.4, 0.5) is 0 Å². The van der Waals surface area contributed by atoms with Gasteiger partial charge in [-0.1, -0.05) is 55.5 Å². The summed E-state index contributed by atoms with van der Waals surface area (Å²) in [5.41, 5.74) is 3.23. The first-order chi connectivity index (χ1) is 17.4. The zero-order valence-electron chi connectivity index (χ0n) is 21.4. The van der Waals surface area contributed by atoms with Gasteiger partial charge in [0.25, 0.3) is 5.91 Å². The van der Waals surface area contributed by atoms with E-state index in [0.29, 0.717) is 30.3 Å². The maximum atomic E-state index is 13.7. The van der Waals surface area contributed by atoms with Gasteiger partial charge in [-0.3, -0.25) is 9.69 Å². The summed E-state index contributed by atoms with van der Waals surface area (Å²) in [5.74, 6) is 0.857. The molecule has 0 radical (unpaired) electrons. The summed E-state index contributed by atoms with van der Waals surface area (Å²) >= 11 is 0. The number of ether oxygens (including phenoxy) is 2. The Morgan fingerprint density at radius 3 is 2.61 bits per heavy atom. The lowest BCUT2D eigenvalue weighted by atomic mass is 9.99. The Bertz CT molecular complexity index is 1170. The molecule has 1 aliphatic heterocycles. The van der Waals surface area contributed by atoms with Crippen LogP contribution in [0.3, 0.4) is 0 Å². The van der Waals surface area contributed by atoms with Crippen LogP contribution in [0.15, 0.2) is 66.9 Å². The summed E-state index contributed by atoms with van der Waals surface area (Å²) in [4.78, 5) is 22.3. The molecule has 2 heterocycles. The molecule has 36 heavy (non-hydrogen) atoms. The zero-order valence-corrected chi connectivity index (χ0v) is 21.4. The van der Waals surface area contributed by atoms with E-state index in [1.54, 1.807) is 18.2 Å². The number of pyridine rings is 1. The Morgan fingerprint density at radius 2 is 1.89 bits per heavy atom. The molecular formula is C29H35N3O4. The molecule has 0 aliphatic carbocycles. The van der Waals surface area contributed by atoms with Crippen molar-refractivity contribution in [1.82, 2.24) is 14.8 Å². The normalized spacial score (nSPS) is 18.7. The number of carbonyl (C=O) groups excluding carboxylic acids is 1. The molecule has 1 amide bonds. The van der Waals surface area contributed by atoms with E-state index in [9.17, 15) is 9.90 Å². The molecule has 1 aromatic heterocycles. The van der Waals surface area contributed by atoms with Crippen LogP contribution < -0.4 is 9.47 Å². The number of hydrogen-bond donors (Lipinski definition) is 1. The van der Waals surface area contributed by atoms with Crippen molar-refractivity contribution in [3.8, 4) is 22.8 Å². The molecule has 0 saturated carbocycles. The molecule has 3 atom stereocenters. The van der Waals surface area contributed by atoms with Crippen LogP contribution in [-0.4, -0.2) is 71.8 Å². The molecule has 0 unspecified atom stereocenters. The van der Waals surface area contributed by atoms with E-state index in [4.69, 9.17) is 9.47 Å². The largest absolute Gasteiger partial charge is 0.496 e. The molecule has 0 saturated heterocycles. The van der Waals surface area contributed by atoms with Crippen molar-refractivity contribution in [3.63, 3.8) is 0 Å². The van der Waals surface area contributed by atoms with Gasteiger partial charge in [0, 0.05) is 42.9 Å². The van der Waals surface area contributed by atoms with Crippen LogP contribution in [0, 0.1) is 5.92 Å². The van der Waals surface area contributed by atoms with Gasteiger partial charge in [0.2, 0.25) is 5.88 Å². The fraction of sp³-hybridized carbons (Fsp3) is 0.379. The molecule has 1 N–H and O–H groups in total. The predicted octanol–water partition coefficient (Wildman–Crippen LogP) is 4.11. The van der Waals surface area contributed by atoms with E-state index in [2.05, 4.69) is 36.0 Å². The second-order valence-electron chi connectivity index (χ2n) is 9.58. The van der Waals surface area contributed by atoms with E-state index in [0.717, 1.165) is 17.7 Å². The third-order valence-electron chi connectivity index (χ3n) is 6.73. The number of aliphatic hydroxyl groups excluding tert-OH is 1. The lowest BCUT2D eigenvalue weighted by molar-refractivity contribution is 0.0325. The van der Waals surface area contributed by atoms with Crippen LogP contribution in [0.5, 0.6) is 11.6 Å². The summed E-state index contributed by atoms with van der Waals surface area (Å²) in [7, 11) is 3.69. The van der Waals surface area contributed by atoms with Crippen molar-refractivity contribution >= 4 is 5.91 Å². The van der Waals surface area contributed by atoms with E-state index >= 15 is 0 Å². The third kappa shape index (κ3) is 5.69. The number of fused-ring (bicyclic) bond motifs is 1. The summed E-state index contributed by atoms with van der Waals surface area (Å²) in [5, 5.41) is 9.91. The smallest absolute Gasteiger partial charge is 0.259 e. The van der Waals surface area contributed by atoms with Gasteiger partial charge >= 0.3 is 0 Å². The highest BCUT2D eigenvalue weighted by Crippen LogP contribution is 2.34. The maximum absolute atomic E-state index is 13.7. The molecule has 0 spiro atoms. The highest BCUT2D eigenvalue weighted by Gasteiger charge is 2.34. The first kappa shape index (κ1) is 25.7. The number of carbonyl (C=O) groups is 1. The first-order valence-corrected chi connectivity index (χ1v) is 12.4. The average molecular weight is 490 g/mol. The quantitative estimate of drug-likeness (QED) is 0.513. The van der Waals surface area contributed by atoms with Crippen molar-refractivity contribution in [2.45, 2.75) is 32.5 Å². The number of likely N-dealkylation sites (N-methyl/N-ethyl adjacent to an activating group) is 1. The van der Waals surface area contributed by atoms with E-state index in [1.807, 2.05) is 55.5 Å². The molecule has 7 heteroatoms. The van der Waals surface area contributed by atoms with Gasteiger partial charge in [-0.05, 0) is 31.7 Å². The van der Waals surface area contributed by atoms with Gasteiger partial charge in [-0.15, -0.1) is 0 Å². The highest BCUT2D eigenvalue weighted by atomic mass is 16.5. The molecule has 0 bridgehead atoms. The molecule has 3 aromatic rings. The van der Waals surface area contributed by atoms with Crippen LogP contribution >= 0.6 is 0 Å². The number of amides is 1. The Morgan fingerprint density at radius 1 is 1.17 bits per heavy atom. The number of aliphatic hydroxyl groups is 1. The predicted molar refractivity (Wildman–Crippen MR) is 140 cm³/mol. The van der Waals surface area contributed by atoms with Crippen molar-refractivity contribution in [3.05, 3.63) is 78.0 Å². The van der Waals surface area contributed by atoms with Crippen molar-refractivity contribution in [2.75, 3.05) is 33.9 Å². The van der Waals surface area contributed by atoms with Gasteiger partial charge < -0.3 is 19.5 Å². The topological polar surface area (TPSA) is 75.1 Å². The fourth-order valence-corrected chi connectivity index (χ4v) is 4.62.